The van der Waals surface area contributed by atoms with Gasteiger partial charge in [0.2, 0.25) is 11.8 Å². The van der Waals surface area contributed by atoms with Crippen molar-refractivity contribution in [3.63, 3.8) is 0 Å². The second-order valence-electron chi connectivity index (χ2n) is 6.67. The fourth-order valence-electron chi connectivity index (χ4n) is 3.04. The van der Waals surface area contributed by atoms with Crippen molar-refractivity contribution in [3.05, 3.63) is 41.0 Å². The number of carbonyl (C=O) groups is 1. The molecule has 0 bridgehead atoms. The van der Waals surface area contributed by atoms with Crippen LogP contribution in [0.2, 0.25) is 0 Å². The zero-order valence-corrected chi connectivity index (χ0v) is 18.3. The van der Waals surface area contributed by atoms with Crippen molar-refractivity contribution in [2.45, 2.75) is 6.92 Å². The monoisotopic (exact) mass is 441 g/mol. The maximum absolute atomic E-state index is 12.0. The van der Waals surface area contributed by atoms with Crippen LogP contribution in [0.15, 0.2) is 36.1 Å². The van der Waals surface area contributed by atoms with E-state index in [2.05, 4.69) is 25.7 Å². The van der Waals surface area contributed by atoms with E-state index in [0.717, 1.165) is 16.9 Å². The third-order valence-corrected chi connectivity index (χ3v) is 5.34. The minimum Gasteiger partial charge on any atom is -0.474 e. The van der Waals surface area contributed by atoms with Gasteiger partial charge in [0.25, 0.3) is 5.91 Å². The molecule has 0 fully saturated rings. The maximum Gasteiger partial charge on any atom is 0.261 e. The highest BCUT2D eigenvalue weighted by Gasteiger charge is 2.17. The number of hydrogen-bond donors (Lipinski definition) is 2. The van der Waals surface area contributed by atoms with Crippen LogP contribution in [-0.4, -0.2) is 57.1 Å². The average Bonchev–Trinajstić information content (AvgIpc) is 3.48. The van der Waals surface area contributed by atoms with Crippen molar-refractivity contribution in [1.82, 2.24) is 29.6 Å². The number of fused-ring (bicyclic) bond motifs is 1. The van der Waals surface area contributed by atoms with E-state index >= 15 is 0 Å². The van der Waals surface area contributed by atoms with Crippen LogP contribution >= 0.6 is 11.3 Å². The molecule has 2 N–H and O–H groups in total. The van der Waals surface area contributed by atoms with Crippen LogP contribution in [0.3, 0.4) is 0 Å². The summed E-state index contributed by atoms with van der Waals surface area (Å²) in [7, 11) is 3.48. The van der Waals surface area contributed by atoms with Gasteiger partial charge in [-0.15, -0.1) is 11.3 Å². The first-order valence-electron chi connectivity index (χ1n) is 9.72. The number of methoxy groups -OCH3 is 1. The molecule has 11 heteroatoms. The van der Waals surface area contributed by atoms with Gasteiger partial charge in [-0.25, -0.2) is 4.98 Å². The summed E-state index contributed by atoms with van der Waals surface area (Å²) < 4.78 is 14.7. The third kappa shape index (κ3) is 4.52. The number of hydrogen-bond acceptors (Lipinski definition) is 8. The molecule has 162 valence electrons. The first-order valence-corrected chi connectivity index (χ1v) is 10.6. The molecule has 0 aliphatic carbocycles. The summed E-state index contributed by atoms with van der Waals surface area (Å²) in [6, 6.07) is 3.67. The van der Waals surface area contributed by atoms with E-state index < -0.39 is 0 Å². The van der Waals surface area contributed by atoms with Gasteiger partial charge in [-0.3, -0.25) is 9.48 Å². The average molecular weight is 442 g/mol. The Morgan fingerprint density at radius 3 is 2.90 bits per heavy atom. The molecule has 1 amide bonds. The van der Waals surface area contributed by atoms with E-state index in [9.17, 15) is 4.79 Å². The Bertz CT molecular complexity index is 1200. The molecule has 0 atom stereocenters. The molecule has 0 unspecified atom stereocenters. The molecule has 0 saturated carbocycles. The summed E-state index contributed by atoms with van der Waals surface area (Å²) in [5, 5.41) is 12.1. The summed E-state index contributed by atoms with van der Waals surface area (Å²) in [6.45, 7) is 3.24. The molecule has 0 aliphatic heterocycles. The van der Waals surface area contributed by atoms with Gasteiger partial charge in [0.1, 0.15) is 12.1 Å². The second-order valence-corrected chi connectivity index (χ2v) is 7.58. The van der Waals surface area contributed by atoms with Gasteiger partial charge in [-0.05, 0) is 19.1 Å². The molecule has 0 saturated heterocycles. The van der Waals surface area contributed by atoms with E-state index in [1.54, 1.807) is 24.1 Å². The number of nitrogens with zero attached hydrogens (tertiary/aromatic N) is 5. The van der Waals surface area contributed by atoms with Crippen molar-refractivity contribution < 1.29 is 14.3 Å². The number of ether oxygens (including phenoxy) is 2. The molecule has 0 spiro atoms. The van der Waals surface area contributed by atoms with Gasteiger partial charge in [-0.2, -0.15) is 10.1 Å². The Labute approximate surface area is 182 Å². The smallest absolute Gasteiger partial charge is 0.261 e. The van der Waals surface area contributed by atoms with Crippen LogP contribution in [0.5, 0.6) is 5.88 Å². The fraction of sp³-hybridized carbons (Fsp3) is 0.300. The van der Waals surface area contributed by atoms with Gasteiger partial charge in [0.15, 0.2) is 0 Å². The number of nitrogens with one attached hydrogen (secondary N) is 2. The molecule has 0 aromatic carbocycles. The van der Waals surface area contributed by atoms with Gasteiger partial charge >= 0.3 is 0 Å². The van der Waals surface area contributed by atoms with Gasteiger partial charge in [0, 0.05) is 38.5 Å². The van der Waals surface area contributed by atoms with Gasteiger partial charge < -0.3 is 24.7 Å². The molecule has 4 heterocycles. The van der Waals surface area contributed by atoms with Gasteiger partial charge in [0.05, 0.1) is 34.6 Å². The molecular weight excluding hydrogens is 418 g/mol. The van der Waals surface area contributed by atoms with Crippen LogP contribution in [0, 0.1) is 0 Å². The highest BCUT2D eigenvalue weighted by atomic mass is 32.1. The van der Waals surface area contributed by atoms with Gasteiger partial charge in [-0.1, -0.05) is 0 Å². The van der Waals surface area contributed by atoms with E-state index in [0.29, 0.717) is 42.0 Å². The summed E-state index contributed by atoms with van der Waals surface area (Å²) in [5.74, 6) is 0.704. The number of thiophene rings is 1. The topological polar surface area (TPSA) is 108 Å². The molecule has 31 heavy (non-hydrogen) atoms. The molecule has 0 aliphatic rings. The highest BCUT2D eigenvalue weighted by molar-refractivity contribution is 7.12. The van der Waals surface area contributed by atoms with Crippen LogP contribution in [-0.2, 0) is 11.8 Å². The Hall–Kier alpha value is -3.44. The number of aromatic nitrogens is 5. The summed E-state index contributed by atoms with van der Waals surface area (Å²) in [6.07, 6.45) is 5.57. The summed E-state index contributed by atoms with van der Waals surface area (Å²) in [4.78, 5) is 21.8. The largest absolute Gasteiger partial charge is 0.474 e. The second kappa shape index (κ2) is 9.14. The minimum atomic E-state index is -0.103. The van der Waals surface area contributed by atoms with Crippen molar-refractivity contribution in [1.29, 1.82) is 0 Å². The zero-order valence-electron chi connectivity index (χ0n) is 17.5. The number of rotatable bonds is 9. The maximum atomic E-state index is 12.0. The standard InChI is InChI=1S/C20H23N7O3S/c1-4-21-18(28)16-9-13(12-31-16)23-20-24-15-5-6-27(14-10-22-26(2)11-14)17(15)19(25-20)30-8-7-29-3/h5-6,9-12H,4,7-8H2,1-3H3,(H,21,28)(H,23,24,25). The molecule has 4 aromatic heterocycles. The molecule has 0 radical (unpaired) electrons. The zero-order chi connectivity index (χ0) is 21.8. The first kappa shape index (κ1) is 20.8. The van der Waals surface area contributed by atoms with Crippen molar-refractivity contribution in [2.75, 3.05) is 32.2 Å². The Morgan fingerprint density at radius 1 is 1.29 bits per heavy atom. The normalized spacial score (nSPS) is 11.1. The molecule has 4 rings (SSSR count). The van der Waals surface area contributed by atoms with E-state index in [-0.39, 0.29) is 5.91 Å². The Kier molecular flexibility index (Phi) is 6.14. The first-order chi connectivity index (χ1) is 15.1. The highest BCUT2D eigenvalue weighted by Crippen LogP contribution is 2.30. The quantitative estimate of drug-likeness (QED) is 0.385. The van der Waals surface area contributed by atoms with Crippen molar-refractivity contribution >= 4 is 39.9 Å². The number of carbonyl (C=O) groups excluding carboxylic acids is 1. The molecular formula is C20H23N7O3S. The van der Waals surface area contributed by atoms with Crippen LogP contribution in [0.4, 0.5) is 11.6 Å². The summed E-state index contributed by atoms with van der Waals surface area (Å²) >= 11 is 1.35. The van der Waals surface area contributed by atoms with E-state index in [1.807, 2.05) is 42.4 Å². The summed E-state index contributed by atoms with van der Waals surface area (Å²) in [5.41, 5.74) is 3.07. The Balaban J connectivity index is 1.68. The SMILES string of the molecule is CCNC(=O)c1cc(Nc2nc(OCCOC)c3c(ccn3-c3cnn(C)c3)n2)cs1. The number of amides is 1. The predicted molar refractivity (Wildman–Crippen MR) is 119 cm³/mol. The van der Waals surface area contributed by atoms with Crippen LogP contribution in [0.1, 0.15) is 16.6 Å². The Morgan fingerprint density at radius 2 is 2.16 bits per heavy atom. The molecule has 10 nitrogen and oxygen atoms in total. The number of aryl methyl sites for hydroxylation is 1. The van der Waals surface area contributed by atoms with Crippen molar-refractivity contribution in [3.8, 4) is 11.6 Å². The lowest BCUT2D eigenvalue weighted by atomic mass is 10.4. The lowest BCUT2D eigenvalue weighted by Gasteiger charge is -2.11. The van der Waals surface area contributed by atoms with Crippen LogP contribution in [0.25, 0.3) is 16.7 Å². The number of anilines is 2. The van der Waals surface area contributed by atoms with E-state index in [1.165, 1.54) is 11.3 Å². The lowest BCUT2D eigenvalue weighted by Crippen LogP contribution is -2.21. The minimum absolute atomic E-state index is 0.103. The molecule has 4 aromatic rings. The third-order valence-electron chi connectivity index (χ3n) is 4.41. The van der Waals surface area contributed by atoms with E-state index in [4.69, 9.17) is 9.47 Å². The predicted octanol–water partition coefficient (Wildman–Crippen LogP) is 2.73. The fourth-order valence-corrected chi connectivity index (χ4v) is 3.79. The van der Waals surface area contributed by atoms with Crippen molar-refractivity contribution in [2.24, 2.45) is 7.05 Å². The lowest BCUT2D eigenvalue weighted by molar-refractivity contribution is 0.0960. The van der Waals surface area contributed by atoms with Crippen LogP contribution < -0.4 is 15.4 Å².